The molecule has 9 nitrogen and oxygen atoms in total. The van der Waals surface area contributed by atoms with Crippen molar-refractivity contribution in [1.82, 2.24) is 29.9 Å². The van der Waals surface area contributed by atoms with Crippen LogP contribution in [0.4, 0.5) is 4.79 Å². The molecule has 0 unspecified atom stereocenters. The number of aryl methyl sites for hydroxylation is 1. The van der Waals surface area contributed by atoms with Crippen molar-refractivity contribution in [2.24, 2.45) is 12.0 Å². The van der Waals surface area contributed by atoms with Crippen molar-refractivity contribution in [2.75, 3.05) is 32.8 Å². The van der Waals surface area contributed by atoms with E-state index in [1.54, 1.807) is 4.90 Å². The van der Waals surface area contributed by atoms with Crippen molar-refractivity contribution >= 4 is 36.0 Å². The number of rotatable bonds is 5. The van der Waals surface area contributed by atoms with Crippen molar-refractivity contribution in [1.29, 1.82) is 0 Å². The Labute approximate surface area is 194 Å². The maximum atomic E-state index is 12.0. The lowest BCUT2D eigenvalue weighted by Crippen LogP contribution is -2.53. The zero-order valence-electron chi connectivity index (χ0n) is 17.7. The average Bonchev–Trinajstić information content (AvgIpc) is 3.07. The SMILES string of the molecule is CCOC(=O)N1CCN(C(=NCc2ccccc2)NCc2nnc(C)n2C)CC1.I. The number of piperazine rings is 1. The van der Waals surface area contributed by atoms with Gasteiger partial charge in [0.2, 0.25) is 0 Å². The molecular formula is C20H30IN7O2. The third-order valence-corrected chi connectivity index (χ3v) is 4.95. The van der Waals surface area contributed by atoms with Crippen molar-refractivity contribution < 1.29 is 9.53 Å². The van der Waals surface area contributed by atoms with Crippen LogP contribution < -0.4 is 5.32 Å². The Kier molecular flexibility index (Phi) is 9.34. The molecule has 30 heavy (non-hydrogen) atoms. The van der Waals surface area contributed by atoms with E-state index in [2.05, 4.69) is 32.5 Å². The maximum Gasteiger partial charge on any atom is 0.409 e. The molecule has 2 heterocycles. The highest BCUT2D eigenvalue weighted by Crippen LogP contribution is 2.07. The van der Waals surface area contributed by atoms with Crippen LogP contribution in [0.3, 0.4) is 0 Å². The summed E-state index contributed by atoms with van der Waals surface area (Å²) in [7, 11) is 1.95. The van der Waals surface area contributed by atoms with Gasteiger partial charge in [0.05, 0.1) is 19.7 Å². The highest BCUT2D eigenvalue weighted by atomic mass is 127. The minimum atomic E-state index is -0.252. The number of nitrogens with zero attached hydrogens (tertiary/aromatic N) is 6. The Balaban J connectivity index is 0.00000320. The molecule has 3 rings (SSSR count). The third-order valence-electron chi connectivity index (χ3n) is 4.95. The van der Waals surface area contributed by atoms with Crippen LogP contribution in [0, 0.1) is 6.92 Å². The second-order valence-corrected chi connectivity index (χ2v) is 6.87. The smallest absolute Gasteiger partial charge is 0.409 e. The largest absolute Gasteiger partial charge is 0.450 e. The van der Waals surface area contributed by atoms with E-state index in [0.717, 1.165) is 23.2 Å². The third kappa shape index (κ3) is 6.31. The number of benzene rings is 1. The lowest BCUT2D eigenvalue weighted by molar-refractivity contribution is 0.0914. The molecule has 0 aliphatic carbocycles. The summed E-state index contributed by atoms with van der Waals surface area (Å²) in [6.45, 7) is 7.84. The van der Waals surface area contributed by atoms with Gasteiger partial charge in [0.1, 0.15) is 5.82 Å². The van der Waals surface area contributed by atoms with E-state index < -0.39 is 0 Å². The summed E-state index contributed by atoms with van der Waals surface area (Å²) in [5.41, 5.74) is 1.14. The second-order valence-electron chi connectivity index (χ2n) is 6.87. The molecule has 1 aliphatic rings. The summed E-state index contributed by atoms with van der Waals surface area (Å²) >= 11 is 0. The van der Waals surface area contributed by atoms with Crippen LogP contribution in [0.15, 0.2) is 35.3 Å². The quantitative estimate of drug-likeness (QED) is 0.365. The molecule has 2 aromatic rings. The summed E-state index contributed by atoms with van der Waals surface area (Å²) in [5.74, 6) is 2.52. The van der Waals surface area contributed by atoms with Gasteiger partial charge in [-0.05, 0) is 19.4 Å². The first-order chi connectivity index (χ1) is 14.1. The zero-order valence-corrected chi connectivity index (χ0v) is 20.1. The number of carbonyl (C=O) groups is 1. The zero-order chi connectivity index (χ0) is 20.6. The Hall–Kier alpha value is -2.37. The second kappa shape index (κ2) is 11.7. The van der Waals surface area contributed by atoms with Gasteiger partial charge in [0.25, 0.3) is 0 Å². The fourth-order valence-corrected chi connectivity index (χ4v) is 3.10. The minimum absolute atomic E-state index is 0. The standard InChI is InChI=1S/C20H29N7O2.HI/c1-4-29-20(28)27-12-10-26(11-13-27)19(21-14-17-8-6-5-7-9-17)22-15-18-24-23-16(2)25(18)3;/h5-9H,4,10-15H2,1-3H3,(H,21,22);1H. The Bertz CT molecular complexity index is 833. The van der Waals surface area contributed by atoms with Crippen LogP contribution in [0.2, 0.25) is 0 Å². The van der Waals surface area contributed by atoms with Gasteiger partial charge < -0.3 is 24.4 Å². The number of hydrogen-bond acceptors (Lipinski definition) is 5. The van der Waals surface area contributed by atoms with Gasteiger partial charge >= 0.3 is 6.09 Å². The van der Waals surface area contributed by atoms with Crippen molar-refractivity contribution in [3.05, 3.63) is 47.5 Å². The minimum Gasteiger partial charge on any atom is -0.450 e. The van der Waals surface area contributed by atoms with Crippen molar-refractivity contribution in [3.63, 3.8) is 0 Å². The molecule has 1 fully saturated rings. The summed E-state index contributed by atoms with van der Waals surface area (Å²) in [5, 5.41) is 11.7. The number of aliphatic imine (C=N–C) groups is 1. The maximum absolute atomic E-state index is 12.0. The number of carbonyl (C=O) groups excluding carboxylic acids is 1. The van der Waals surface area contributed by atoms with Gasteiger partial charge in [-0.2, -0.15) is 0 Å². The topological polar surface area (TPSA) is 87.9 Å². The van der Waals surface area contributed by atoms with Gasteiger partial charge in [-0.25, -0.2) is 9.79 Å². The molecule has 1 N–H and O–H groups in total. The number of ether oxygens (including phenoxy) is 1. The lowest BCUT2D eigenvalue weighted by Gasteiger charge is -2.36. The number of amides is 1. The van der Waals surface area contributed by atoms with E-state index in [0.29, 0.717) is 45.9 Å². The van der Waals surface area contributed by atoms with Crippen LogP contribution in [0.1, 0.15) is 24.1 Å². The number of hydrogen-bond donors (Lipinski definition) is 1. The number of aromatic nitrogens is 3. The van der Waals surface area contributed by atoms with Crippen molar-refractivity contribution in [2.45, 2.75) is 26.9 Å². The van der Waals surface area contributed by atoms with Gasteiger partial charge in [-0.3, -0.25) is 0 Å². The normalized spacial score (nSPS) is 14.3. The Morgan fingerprint density at radius 2 is 1.80 bits per heavy atom. The van der Waals surface area contributed by atoms with E-state index in [1.165, 1.54) is 0 Å². The molecule has 0 saturated carbocycles. The average molecular weight is 527 g/mol. The van der Waals surface area contributed by atoms with Gasteiger partial charge in [0, 0.05) is 33.2 Å². The molecule has 0 radical (unpaired) electrons. The summed E-state index contributed by atoms with van der Waals surface area (Å²) in [4.78, 5) is 20.7. The molecular weight excluding hydrogens is 497 g/mol. The predicted molar refractivity (Wildman–Crippen MR) is 126 cm³/mol. The van der Waals surface area contributed by atoms with Crippen LogP contribution in [0.5, 0.6) is 0 Å². The molecule has 0 atom stereocenters. The number of nitrogens with one attached hydrogen (secondary N) is 1. The number of guanidine groups is 1. The van der Waals surface area contributed by atoms with E-state index in [-0.39, 0.29) is 30.1 Å². The predicted octanol–water partition coefficient (Wildman–Crippen LogP) is 2.16. The first kappa shape index (κ1) is 23.9. The summed E-state index contributed by atoms with van der Waals surface area (Å²) < 4.78 is 7.07. The molecule has 0 bridgehead atoms. The molecule has 10 heteroatoms. The molecule has 164 valence electrons. The highest BCUT2D eigenvalue weighted by molar-refractivity contribution is 14.0. The van der Waals surface area contributed by atoms with Crippen LogP contribution in [-0.4, -0.2) is 69.4 Å². The molecule has 1 amide bonds. The van der Waals surface area contributed by atoms with Crippen LogP contribution >= 0.6 is 24.0 Å². The molecule has 1 aromatic carbocycles. The monoisotopic (exact) mass is 527 g/mol. The van der Waals surface area contributed by atoms with E-state index in [4.69, 9.17) is 9.73 Å². The summed E-state index contributed by atoms with van der Waals surface area (Å²) in [6.07, 6.45) is -0.252. The van der Waals surface area contributed by atoms with Crippen LogP contribution in [-0.2, 0) is 24.9 Å². The van der Waals surface area contributed by atoms with Gasteiger partial charge in [-0.1, -0.05) is 30.3 Å². The Morgan fingerprint density at radius 3 is 2.40 bits per heavy atom. The fourth-order valence-electron chi connectivity index (χ4n) is 3.10. The summed E-state index contributed by atoms with van der Waals surface area (Å²) in [6, 6.07) is 10.1. The van der Waals surface area contributed by atoms with Crippen molar-refractivity contribution in [3.8, 4) is 0 Å². The molecule has 0 spiro atoms. The fraction of sp³-hybridized carbons (Fsp3) is 0.500. The van der Waals surface area contributed by atoms with Gasteiger partial charge in [-0.15, -0.1) is 34.2 Å². The lowest BCUT2D eigenvalue weighted by atomic mass is 10.2. The molecule has 1 aromatic heterocycles. The Morgan fingerprint density at radius 1 is 1.13 bits per heavy atom. The molecule has 1 saturated heterocycles. The van der Waals surface area contributed by atoms with E-state index >= 15 is 0 Å². The first-order valence-corrected chi connectivity index (χ1v) is 9.92. The van der Waals surface area contributed by atoms with E-state index in [9.17, 15) is 4.79 Å². The van der Waals surface area contributed by atoms with E-state index in [1.807, 2.05) is 43.7 Å². The highest BCUT2D eigenvalue weighted by Gasteiger charge is 2.24. The van der Waals surface area contributed by atoms with Gasteiger partial charge in [0.15, 0.2) is 11.8 Å². The molecule has 1 aliphatic heterocycles. The first-order valence-electron chi connectivity index (χ1n) is 9.92. The van der Waals surface area contributed by atoms with Crippen LogP contribution in [0.25, 0.3) is 0 Å². The number of halogens is 1.